The topological polar surface area (TPSA) is 29.5 Å². The molecule has 1 atom stereocenters. The average molecular weight is 265 g/mol. The van der Waals surface area contributed by atoms with Gasteiger partial charge in [-0.1, -0.05) is 12.1 Å². The van der Waals surface area contributed by atoms with Crippen molar-refractivity contribution in [3.63, 3.8) is 0 Å². The molecule has 0 amide bonds. The third kappa shape index (κ3) is 2.37. The number of rotatable bonds is 4. The summed E-state index contributed by atoms with van der Waals surface area (Å²) in [4.78, 5) is 13.9. The van der Waals surface area contributed by atoms with Crippen molar-refractivity contribution < 1.29 is 13.9 Å². The minimum absolute atomic E-state index is 0.176. The molecule has 1 aromatic rings. The smallest absolute Gasteiger partial charge is 0.308 e. The van der Waals surface area contributed by atoms with E-state index < -0.39 is 5.54 Å². The van der Waals surface area contributed by atoms with Gasteiger partial charge in [-0.2, -0.15) is 0 Å². The maximum atomic E-state index is 13.8. The lowest BCUT2D eigenvalue weighted by atomic mass is 9.87. The predicted octanol–water partition coefficient (Wildman–Crippen LogP) is 2.48. The van der Waals surface area contributed by atoms with Crippen LogP contribution in [0.5, 0.6) is 0 Å². The van der Waals surface area contributed by atoms with Gasteiger partial charge in [0.15, 0.2) is 0 Å². The first-order chi connectivity index (χ1) is 9.01. The van der Waals surface area contributed by atoms with Crippen LogP contribution < -0.4 is 0 Å². The predicted molar refractivity (Wildman–Crippen MR) is 71.3 cm³/mol. The van der Waals surface area contributed by atoms with E-state index in [4.69, 9.17) is 4.74 Å². The molecule has 0 bridgehead atoms. The highest BCUT2D eigenvalue weighted by Crippen LogP contribution is 2.44. The van der Waals surface area contributed by atoms with Crippen LogP contribution in [0, 0.1) is 5.82 Å². The van der Waals surface area contributed by atoms with Crippen LogP contribution >= 0.6 is 0 Å². The van der Waals surface area contributed by atoms with E-state index in [1.165, 1.54) is 6.07 Å². The third-order valence-corrected chi connectivity index (χ3v) is 4.01. The molecule has 0 saturated heterocycles. The van der Waals surface area contributed by atoms with Gasteiger partial charge in [-0.15, -0.1) is 0 Å². The minimum Gasteiger partial charge on any atom is -0.466 e. The summed E-state index contributed by atoms with van der Waals surface area (Å²) in [7, 11) is 3.86. The van der Waals surface area contributed by atoms with Gasteiger partial charge >= 0.3 is 5.97 Å². The highest BCUT2D eigenvalue weighted by Gasteiger charge is 2.43. The Labute approximate surface area is 113 Å². The van der Waals surface area contributed by atoms with Gasteiger partial charge in [-0.05, 0) is 51.1 Å². The lowest BCUT2D eigenvalue weighted by Gasteiger charge is -2.36. The molecule has 0 N–H and O–H groups in total. The fraction of sp³-hybridized carbons (Fsp3) is 0.533. The first-order valence-corrected chi connectivity index (χ1v) is 6.62. The van der Waals surface area contributed by atoms with Gasteiger partial charge in [0.1, 0.15) is 5.82 Å². The van der Waals surface area contributed by atoms with Crippen LogP contribution in [0.1, 0.15) is 30.9 Å². The van der Waals surface area contributed by atoms with Crippen LogP contribution in [-0.2, 0) is 21.5 Å². The molecule has 0 aromatic heterocycles. The molecule has 19 heavy (non-hydrogen) atoms. The van der Waals surface area contributed by atoms with E-state index >= 15 is 0 Å². The maximum Gasteiger partial charge on any atom is 0.308 e. The zero-order valence-corrected chi connectivity index (χ0v) is 11.7. The number of benzene rings is 1. The summed E-state index contributed by atoms with van der Waals surface area (Å²) in [6.45, 7) is 2.17. The Kier molecular flexibility index (Phi) is 3.90. The van der Waals surface area contributed by atoms with Gasteiger partial charge in [-0.25, -0.2) is 4.39 Å². The van der Waals surface area contributed by atoms with Crippen molar-refractivity contribution in [2.75, 3.05) is 20.7 Å². The highest BCUT2D eigenvalue weighted by molar-refractivity contribution is 5.72. The van der Waals surface area contributed by atoms with E-state index in [-0.39, 0.29) is 18.2 Å². The number of carbonyl (C=O) groups is 1. The van der Waals surface area contributed by atoms with Gasteiger partial charge in [0.05, 0.1) is 18.6 Å². The second kappa shape index (κ2) is 5.29. The fourth-order valence-electron chi connectivity index (χ4n) is 2.97. The summed E-state index contributed by atoms with van der Waals surface area (Å²) in [5, 5.41) is 0. The monoisotopic (exact) mass is 265 g/mol. The number of nitrogens with zero attached hydrogens (tertiary/aromatic N) is 1. The average Bonchev–Trinajstić information content (AvgIpc) is 2.71. The molecule has 1 aliphatic carbocycles. The van der Waals surface area contributed by atoms with Crippen LogP contribution in [0.25, 0.3) is 0 Å². The molecule has 2 rings (SSSR count). The van der Waals surface area contributed by atoms with E-state index in [1.807, 2.05) is 25.1 Å². The van der Waals surface area contributed by atoms with Crippen molar-refractivity contribution in [1.29, 1.82) is 0 Å². The fourth-order valence-corrected chi connectivity index (χ4v) is 2.97. The highest BCUT2D eigenvalue weighted by atomic mass is 19.1. The third-order valence-electron chi connectivity index (χ3n) is 4.01. The molecule has 104 valence electrons. The Balaban J connectivity index is 2.39. The Morgan fingerprint density at radius 2 is 2.21 bits per heavy atom. The van der Waals surface area contributed by atoms with Crippen LogP contribution in [0.2, 0.25) is 0 Å². The zero-order valence-electron chi connectivity index (χ0n) is 11.7. The molecular weight excluding hydrogens is 245 g/mol. The largest absolute Gasteiger partial charge is 0.466 e. The number of hydrogen-bond acceptors (Lipinski definition) is 3. The van der Waals surface area contributed by atoms with Gasteiger partial charge in [0, 0.05) is 0 Å². The van der Waals surface area contributed by atoms with Crippen LogP contribution in [0.15, 0.2) is 18.2 Å². The number of ether oxygens (including phenoxy) is 1. The van der Waals surface area contributed by atoms with Crippen molar-refractivity contribution in [1.82, 2.24) is 4.90 Å². The quantitative estimate of drug-likeness (QED) is 0.783. The molecular formula is C15H20FNO2. The second-order valence-corrected chi connectivity index (χ2v) is 5.17. The molecule has 1 aromatic carbocycles. The van der Waals surface area contributed by atoms with E-state index in [0.29, 0.717) is 13.0 Å². The molecule has 0 heterocycles. The standard InChI is InChI=1S/C15H20FNO2/c1-4-19-14(18)10-15(17(2)3)9-8-11-12(15)6-5-7-13(11)16/h5-7H,4,8-10H2,1-3H3. The minimum atomic E-state index is -0.441. The molecule has 4 heteroatoms. The van der Waals surface area contributed by atoms with Crippen molar-refractivity contribution in [3.8, 4) is 0 Å². The Morgan fingerprint density at radius 1 is 1.47 bits per heavy atom. The zero-order chi connectivity index (χ0) is 14.0. The summed E-state index contributed by atoms with van der Waals surface area (Å²) in [6.07, 6.45) is 1.68. The van der Waals surface area contributed by atoms with Gasteiger partial charge in [0.2, 0.25) is 0 Å². The van der Waals surface area contributed by atoms with E-state index in [0.717, 1.165) is 17.5 Å². The molecule has 1 aliphatic rings. The number of carbonyl (C=O) groups excluding carboxylic acids is 1. The van der Waals surface area contributed by atoms with Crippen molar-refractivity contribution in [2.45, 2.75) is 31.7 Å². The first kappa shape index (κ1) is 14.0. The molecule has 0 radical (unpaired) electrons. The van der Waals surface area contributed by atoms with Gasteiger partial charge in [0.25, 0.3) is 0 Å². The van der Waals surface area contributed by atoms with E-state index in [2.05, 4.69) is 0 Å². The number of halogens is 1. The number of hydrogen-bond donors (Lipinski definition) is 0. The molecule has 3 nitrogen and oxygen atoms in total. The molecule has 1 unspecified atom stereocenters. The van der Waals surface area contributed by atoms with Crippen LogP contribution in [-0.4, -0.2) is 31.6 Å². The lowest BCUT2D eigenvalue weighted by Crippen LogP contribution is -2.41. The SMILES string of the molecule is CCOC(=O)CC1(N(C)C)CCc2c(F)cccc21. The normalized spacial score (nSPS) is 21.5. The molecule has 0 saturated carbocycles. The first-order valence-electron chi connectivity index (χ1n) is 6.62. The molecule has 0 spiro atoms. The number of esters is 1. The summed E-state index contributed by atoms with van der Waals surface area (Å²) < 4.78 is 18.9. The molecule has 0 aliphatic heterocycles. The summed E-state index contributed by atoms with van der Waals surface area (Å²) in [5.74, 6) is -0.404. The summed E-state index contributed by atoms with van der Waals surface area (Å²) >= 11 is 0. The Morgan fingerprint density at radius 3 is 2.84 bits per heavy atom. The Hall–Kier alpha value is -1.42. The van der Waals surface area contributed by atoms with E-state index in [9.17, 15) is 9.18 Å². The Bertz CT molecular complexity index is 487. The summed E-state index contributed by atoms with van der Waals surface area (Å²) in [5.41, 5.74) is 1.22. The van der Waals surface area contributed by atoms with E-state index in [1.54, 1.807) is 13.0 Å². The lowest BCUT2D eigenvalue weighted by molar-refractivity contribution is -0.146. The summed E-state index contributed by atoms with van der Waals surface area (Å²) in [6, 6.07) is 5.11. The van der Waals surface area contributed by atoms with Crippen molar-refractivity contribution in [3.05, 3.63) is 35.1 Å². The van der Waals surface area contributed by atoms with Crippen LogP contribution in [0.4, 0.5) is 4.39 Å². The van der Waals surface area contributed by atoms with Crippen molar-refractivity contribution >= 4 is 5.97 Å². The second-order valence-electron chi connectivity index (χ2n) is 5.17. The maximum absolute atomic E-state index is 13.8. The molecule has 0 fully saturated rings. The number of fused-ring (bicyclic) bond motifs is 1. The van der Waals surface area contributed by atoms with Crippen LogP contribution in [0.3, 0.4) is 0 Å². The van der Waals surface area contributed by atoms with Gasteiger partial charge < -0.3 is 4.74 Å². The van der Waals surface area contributed by atoms with Crippen molar-refractivity contribution in [2.24, 2.45) is 0 Å². The van der Waals surface area contributed by atoms with Gasteiger partial charge in [-0.3, -0.25) is 9.69 Å².